The van der Waals surface area contributed by atoms with Crippen LogP contribution < -0.4 is 4.74 Å². The summed E-state index contributed by atoms with van der Waals surface area (Å²) < 4.78 is 20.7. The second-order valence-corrected chi connectivity index (χ2v) is 8.99. The van der Waals surface area contributed by atoms with E-state index in [0.29, 0.717) is 0 Å². The zero-order valence-electron chi connectivity index (χ0n) is 16.6. The van der Waals surface area contributed by atoms with E-state index in [-0.39, 0.29) is 44.2 Å². The highest BCUT2D eigenvalue weighted by Crippen LogP contribution is 2.57. The van der Waals surface area contributed by atoms with Crippen molar-refractivity contribution < 1.29 is 23.8 Å². The summed E-state index contributed by atoms with van der Waals surface area (Å²) in [6, 6.07) is 12.5. The second-order valence-electron chi connectivity index (χ2n) is 7.82. The third-order valence-corrected chi connectivity index (χ3v) is 7.41. The van der Waals surface area contributed by atoms with Crippen molar-refractivity contribution in [3.05, 3.63) is 92.4 Å². The smallest absolute Gasteiger partial charge is 0.261 e. The summed E-state index contributed by atoms with van der Waals surface area (Å²) in [7, 11) is 0. The van der Waals surface area contributed by atoms with Crippen LogP contribution in [-0.4, -0.2) is 33.3 Å². The van der Waals surface area contributed by atoms with Crippen LogP contribution in [0.4, 0.5) is 4.39 Å². The number of carbonyl (C=O) groups is 2. The largest absolute Gasteiger partial charge is 0.475 e. The molecule has 1 aromatic heterocycles. The van der Waals surface area contributed by atoms with Gasteiger partial charge in [-0.1, -0.05) is 29.8 Å². The Morgan fingerprint density at radius 3 is 2.38 bits per heavy atom. The number of ether oxygens (including phenoxy) is 1. The van der Waals surface area contributed by atoms with Crippen molar-refractivity contribution in [2.75, 3.05) is 6.54 Å². The molecule has 0 saturated heterocycles. The molecular weight excluding hydrogens is 503 g/mol. The van der Waals surface area contributed by atoms with Gasteiger partial charge in [0.25, 0.3) is 11.8 Å². The van der Waals surface area contributed by atoms with E-state index < -0.39 is 28.8 Å². The third kappa shape index (κ3) is 2.69. The van der Waals surface area contributed by atoms with Crippen molar-refractivity contribution in [1.82, 2.24) is 9.88 Å². The standard InChI is InChI=1S/C23H15BrClFN2O4/c1-22(31)17-15(10-14(26)19(25)18(17)24)32-23(22,16-8-4-5-9-27-16)11-28-20(29)12-6-2-3-7-13(12)21(28)30/h2-10,31H,11H2,1H3/t22-,23-/m1/s1. The summed E-state index contributed by atoms with van der Waals surface area (Å²) >= 11 is 9.34. The Kier molecular flexibility index (Phi) is 4.67. The molecule has 2 amide bonds. The van der Waals surface area contributed by atoms with Crippen LogP contribution in [0.15, 0.2) is 59.2 Å². The van der Waals surface area contributed by atoms with Crippen LogP contribution in [0.3, 0.4) is 0 Å². The maximum Gasteiger partial charge on any atom is 0.261 e. The van der Waals surface area contributed by atoms with Crippen molar-refractivity contribution in [1.29, 1.82) is 0 Å². The Balaban J connectivity index is 1.70. The first-order chi connectivity index (χ1) is 15.2. The lowest BCUT2D eigenvalue weighted by Gasteiger charge is -2.40. The van der Waals surface area contributed by atoms with E-state index in [1.54, 1.807) is 42.5 Å². The number of hydrogen-bond acceptors (Lipinski definition) is 5. The molecule has 0 aliphatic carbocycles. The van der Waals surface area contributed by atoms with Gasteiger partial charge in [-0.05, 0) is 47.1 Å². The van der Waals surface area contributed by atoms with Crippen molar-refractivity contribution in [2.45, 2.75) is 18.1 Å². The van der Waals surface area contributed by atoms with E-state index in [2.05, 4.69) is 20.9 Å². The molecular formula is C23H15BrClFN2O4. The van der Waals surface area contributed by atoms with E-state index in [1.165, 1.54) is 13.1 Å². The van der Waals surface area contributed by atoms with Crippen molar-refractivity contribution in [3.8, 4) is 5.75 Å². The maximum absolute atomic E-state index is 14.4. The Bertz CT molecular complexity index is 1270. The Labute approximate surface area is 195 Å². The van der Waals surface area contributed by atoms with Crippen molar-refractivity contribution >= 4 is 39.3 Å². The highest BCUT2D eigenvalue weighted by molar-refractivity contribution is 9.10. The quantitative estimate of drug-likeness (QED) is 0.411. The van der Waals surface area contributed by atoms with E-state index >= 15 is 0 Å². The highest BCUT2D eigenvalue weighted by atomic mass is 79.9. The number of aromatic nitrogens is 1. The molecule has 0 unspecified atom stereocenters. The van der Waals surface area contributed by atoms with Gasteiger partial charge in [0.15, 0.2) is 0 Å². The van der Waals surface area contributed by atoms with Crippen LogP contribution in [0.25, 0.3) is 0 Å². The number of carbonyl (C=O) groups excluding carboxylic acids is 2. The number of amides is 2. The summed E-state index contributed by atoms with van der Waals surface area (Å²) in [5.74, 6) is -1.74. The van der Waals surface area contributed by atoms with Gasteiger partial charge in [-0.25, -0.2) is 4.39 Å². The summed E-state index contributed by atoms with van der Waals surface area (Å²) in [4.78, 5) is 31.5. The topological polar surface area (TPSA) is 79.7 Å². The first kappa shape index (κ1) is 21.1. The minimum atomic E-state index is -1.85. The Morgan fingerprint density at radius 1 is 1.16 bits per heavy atom. The lowest BCUT2D eigenvalue weighted by atomic mass is 9.78. The summed E-state index contributed by atoms with van der Waals surface area (Å²) in [6.07, 6.45) is 1.50. The minimum absolute atomic E-state index is 0.0334. The molecule has 2 aromatic carbocycles. The Hall–Kier alpha value is -2.81. The fraction of sp³-hybridized carbons (Fsp3) is 0.174. The average molecular weight is 518 g/mol. The fourth-order valence-electron chi connectivity index (χ4n) is 4.37. The van der Waals surface area contributed by atoms with Crippen LogP contribution in [-0.2, 0) is 11.2 Å². The molecule has 0 fully saturated rings. The molecule has 3 aromatic rings. The number of nitrogens with zero attached hydrogens (tertiary/aromatic N) is 2. The van der Waals surface area contributed by atoms with Gasteiger partial charge in [-0.3, -0.25) is 19.5 Å². The molecule has 1 N–H and O–H groups in total. The SMILES string of the molecule is C[C@@]1(O)c2c(cc(F)c(Cl)c2Br)O[C@]1(CN1C(=O)c2ccccc2C1=O)c1ccccn1. The Morgan fingerprint density at radius 2 is 1.78 bits per heavy atom. The molecule has 2 atom stereocenters. The van der Waals surface area contributed by atoms with Crippen molar-refractivity contribution in [3.63, 3.8) is 0 Å². The van der Waals surface area contributed by atoms with Crippen LogP contribution in [0.1, 0.15) is 38.9 Å². The molecule has 0 bridgehead atoms. The number of halogens is 3. The van der Waals surface area contributed by atoms with Gasteiger partial charge in [0.2, 0.25) is 5.60 Å². The van der Waals surface area contributed by atoms with E-state index in [9.17, 15) is 19.1 Å². The molecule has 0 radical (unpaired) electrons. The molecule has 0 spiro atoms. The van der Waals surface area contributed by atoms with Gasteiger partial charge in [-0.15, -0.1) is 0 Å². The average Bonchev–Trinajstić information content (AvgIpc) is 3.15. The zero-order chi connectivity index (χ0) is 22.8. The molecule has 32 heavy (non-hydrogen) atoms. The van der Waals surface area contributed by atoms with Gasteiger partial charge < -0.3 is 9.84 Å². The number of benzene rings is 2. The lowest BCUT2D eigenvalue weighted by molar-refractivity contribution is -0.118. The molecule has 6 nitrogen and oxygen atoms in total. The van der Waals surface area contributed by atoms with Crippen LogP contribution in [0.5, 0.6) is 5.75 Å². The normalized spacial score (nSPS) is 23.8. The molecule has 5 rings (SSSR count). The van der Waals surface area contributed by atoms with Gasteiger partial charge in [-0.2, -0.15) is 0 Å². The fourth-order valence-corrected chi connectivity index (χ4v) is 5.29. The van der Waals surface area contributed by atoms with Crippen LogP contribution in [0, 0.1) is 5.82 Å². The van der Waals surface area contributed by atoms with Gasteiger partial charge in [0.05, 0.1) is 28.4 Å². The van der Waals surface area contributed by atoms with Gasteiger partial charge in [0, 0.05) is 22.3 Å². The molecule has 162 valence electrons. The predicted molar refractivity (Wildman–Crippen MR) is 117 cm³/mol. The number of rotatable bonds is 3. The van der Waals surface area contributed by atoms with Gasteiger partial charge >= 0.3 is 0 Å². The number of fused-ring (bicyclic) bond motifs is 2. The number of aliphatic hydroxyl groups is 1. The minimum Gasteiger partial charge on any atom is -0.475 e. The van der Waals surface area contributed by atoms with Crippen LogP contribution >= 0.6 is 27.5 Å². The van der Waals surface area contributed by atoms with E-state index in [0.717, 1.165) is 11.0 Å². The number of pyridine rings is 1. The monoisotopic (exact) mass is 516 g/mol. The molecule has 2 aliphatic rings. The lowest BCUT2D eigenvalue weighted by Crippen LogP contribution is -2.56. The summed E-state index contributed by atoms with van der Waals surface area (Å²) in [5.41, 5.74) is -2.57. The summed E-state index contributed by atoms with van der Waals surface area (Å²) in [6.45, 7) is 1.11. The van der Waals surface area contributed by atoms with E-state index in [1.807, 2.05) is 0 Å². The molecule has 2 aliphatic heterocycles. The van der Waals surface area contributed by atoms with Crippen LogP contribution in [0.2, 0.25) is 5.02 Å². The number of imide groups is 1. The molecule has 9 heteroatoms. The van der Waals surface area contributed by atoms with Gasteiger partial charge in [0.1, 0.15) is 17.2 Å². The van der Waals surface area contributed by atoms with E-state index in [4.69, 9.17) is 16.3 Å². The number of hydrogen-bond donors (Lipinski definition) is 1. The zero-order valence-corrected chi connectivity index (χ0v) is 18.9. The first-order valence-electron chi connectivity index (χ1n) is 9.65. The third-order valence-electron chi connectivity index (χ3n) is 6.02. The van der Waals surface area contributed by atoms with Crippen molar-refractivity contribution in [2.24, 2.45) is 0 Å². The second kappa shape index (κ2) is 7.10. The first-order valence-corrected chi connectivity index (χ1v) is 10.8. The maximum atomic E-state index is 14.4. The molecule has 3 heterocycles. The highest BCUT2D eigenvalue weighted by Gasteiger charge is 2.62. The summed E-state index contributed by atoms with van der Waals surface area (Å²) in [5, 5.41) is 11.6. The predicted octanol–water partition coefficient (Wildman–Crippen LogP) is 4.43. The molecule has 0 saturated carbocycles.